The Hall–Kier alpha value is -2.20. The van der Waals surface area contributed by atoms with Gasteiger partial charge in [0, 0.05) is 6.07 Å². The van der Waals surface area contributed by atoms with Crippen molar-refractivity contribution in [2.45, 2.75) is 6.92 Å². The molecule has 0 saturated heterocycles. The largest absolute Gasteiger partial charge is 0.452 e. The molecule has 0 atom stereocenters. The van der Waals surface area contributed by atoms with Crippen LogP contribution in [0.4, 0.5) is 18.9 Å². The second kappa shape index (κ2) is 5.66. The maximum Gasteiger partial charge on any atom is 0.204 e. The van der Waals surface area contributed by atoms with Crippen molar-refractivity contribution in [3.63, 3.8) is 0 Å². The quantitative estimate of drug-likeness (QED) is 0.639. The van der Waals surface area contributed by atoms with Gasteiger partial charge < -0.3 is 10.5 Å². The van der Waals surface area contributed by atoms with E-state index in [1.807, 2.05) is 0 Å². The minimum Gasteiger partial charge on any atom is -0.452 e. The second-order valence-electron chi connectivity index (χ2n) is 4.17. The van der Waals surface area contributed by atoms with Crippen LogP contribution in [-0.2, 0) is 0 Å². The van der Waals surface area contributed by atoms with Crippen LogP contribution in [0.2, 0.25) is 0 Å². The molecule has 21 heavy (non-hydrogen) atoms. The summed E-state index contributed by atoms with van der Waals surface area (Å²) in [5.74, 6) is -3.89. The number of nitrogens with two attached hydrogens (primary N) is 1. The number of anilines is 1. The van der Waals surface area contributed by atoms with Gasteiger partial charge >= 0.3 is 0 Å². The highest BCUT2D eigenvalue weighted by Crippen LogP contribution is 2.39. The molecule has 7 heteroatoms. The van der Waals surface area contributed by atoms with E-state index < -0.39 is 23.2 Å². The molecular weight excluding hydrogens is 349 g/mol. The minimum absolute atomic E-state index is 0.0989. The molecule has 0 heterocycles. The van der Waals surface area contributed by atoms with Crippen LogP contribution in [0.15, 0.2) is 22.7 Å². The Morgan fingerprint density at radius 2 is 1.90 bits per heavy atom. The Morgan fingerprint density at radius 3 is 2.48 bits per heavy atom. The number of ether oxygens (including phenoxy) is 1. The Kier molecular flexibility index (Phi) is 4.09. The molecule has 0 fully saturated rings. The van der Waals surface area contributed by atoms with Crippen molar-refractivity contribution < 1.29 is 17.9 Å². The maximum atomic E-state index is 13.9. The van der Waals surface area contributed by atoms with E-state index in [1.54, 1.807) is 6.07 Å². The predicted octanol–water partition coefficient (Wildman–Crippen LogP) is 4.42. The van der Waals surface area contributed by atoms with Crippen LogP contribution in [0, 0.1) is 35.7 Å². The molecule has 0 amide bonds. The third kappa shape index (κ3) is 2.67. The van der Waals surface area contributed by atoms with Crippen molar-refractivity contribution in [3.05, 3.63) is 51.3 Å². The summed E-state index contributed by atoms with van der Waals surface area (Å²) in [4.78, 5) is 0. The van der Waals surface area contributed by atoms with Crippen LogP contribution in [0.3, 0.4) is 0 Å². The lowest BCUT2D eigenvalue weighted by Gasteiger charge is -2.14. The third-order valence-corrected chi connectivity index (χ3v) is 3.79. The van der Waals surface area contributed by atoms with Gasteiger partial charge in [-0.05, 0) is 40.5 Å². The molecule has 0 radical (unpaired) electrons. The Bertz CT molecular complexity index is 743. The van der Waals surface area contributed by atoms with Crippen molar-refractivity contribution in [2.75, 3.05) is 5.73 Å². The highest BCUT2D eigenvalue weighted by Gasteiger charge is 2.21. The van der Waals surface area contributed by atoms with Gasteiger partial charge in [-0.25, -0.2) is 8.78 Å². The lowest BCUT2D eigenvalue weighted by Crippen LogP contribution is -2.02. The minimum atomic E-state index is -1.28. The van der Waals surface area contributed by atoms with E-state index >= 15 is 0 Å². The number of nitriles is 1. The van der Waals surface area contributed by atoms with Gasteiger partial charge in [-0.3, -0.25) is 0 Å². The zero-order valence-corrected chi connectivity index (χ0v) is 12.3. The van der Waals surface area contributed by atoms with Crippen LogP contribution in [-0.4, -0.2) is 0 Å². The number of rotatable bonds is 2. The molecule has 2 aromatic rings. The van der Waals surface area contributed by atoms with Gasteiger partial charge in [0.1, 0.15) is 17.6 Å². The fraction of sp³-hybridized carbons (Fsp3) is 0.0714. The van der Waals surface area contributed by atoms with Gasteiger partial charge in [-0.15, -0.1) is 0 Å². The molecule has 108 valence electrons. The van der Waals surface area contributed by atoms with Crippen molar-refractivity contribution in [2.24, 2.45) is 0 Å². The Labute approximate surface area is 126 Å². The van der Waals surface area contributed by atoms with Crippen LogP contribution >= 0.6 is 15.9 Å². The number of nitrogen functional groups attached to an aromatic ring is 1. The van der Waals surface area contributed by atoms with Crippen LogP contribution in [0.25, 0.3) is 0 Å². The molecule has 0 bridgehead atoms. The first-order valence-electron chi connectivity index (χ1n) is 5.66. The molecule has 0 aliphatic rings. The topological polar surface area (TPSA) is 59.0 Å². The number of benzene rings is 2. The number of nitrogens with zero attached hydrogens (tertiary/aromatic N) is 1. The van der Waals surface area contributed by atoms with E-state index in [1.165, 1.54) is 19.1 Å². The van der Waals surface area contributed by atoms with E-state index in [4.69, 9.17) is 15.7 Å². The average Bonchev–Trinajstić information content (AvgIpc) is 2.48. The standard InChI is InChI=1S/C14H8BrF3N2O/c1-6-10(15)11(17)12(18)14(13(6)20)21-8-3-2-7(5-19)9(16)4-8/h2-4H,20H2,1H3. The molecular formula is C14H8BrF3N2O. The lowest BCUT2D eigenvalue weighted by molar-refractivity contribution is 0.414. The first kappa shape index (κ1) is 15.2. The van der Waals surface area contributed by atoms with Crippen LogP contribution < -0.4 is 10.5 Å². The predicted molar refractivity (Wildman–Crippen MR) is 74.4 cm³/mol. The molecule has 0 unspecified atom stereocenters. The molecule has 2 aromatic carbocycles. The van der Waals surface area contributed by atoms with E-state index in [0.717, 1.165) is 6.07 Å². The molecule has 0 aromatic heterocycles. The SMILES string of the molecule is Cc1c(N)c(Oc2ccc(C#N)c(F)c2)c(F)c(F)c1Br. The van der Waals surface area contributed by atoms with Crippen LogP contribution in [0.1, 0.15) is 11.1 Å². The summed E-state index contributed by atoms with van der Waals surface area (Å²) in [6.07, 6.45) is 0. The Morgan fingerprint density at radius 1 is 1.24 bits per heavy atom. The smallest absolute Gasteiger partial charge is 0.204 e. The van der Waals surface area contributed by atoms with Gasteiger partial charge in [-0.1, -0.05) is 0 Å². The zero-order chi connectivity index (χ0) is 15.7. The van der Waals surface area contributed by atoms with Gasteiger partial charge in [0.15, 0.2) is 11.6 Å². The van der Waals surface area contributed by atoms with Gasteiger partial charge in [0.2, 0.25) is 5.82 Å². The summed E-state index contributed by atoms with van der Waals surface area (Å²) in [5.41, 5.74) is 5.66. The highest BCUT2D eigenvalue weighted by molar-refractivity contribution is 9.10. The summed E-state index contributed by atoms with van der Waals surface area (Å²) in [6, 6.07) is 4.96. The summed E-state index contributed by atoms with van der Waals surface area (Å²) >= 11 is 2.88. The van der Waals surface area contributed by atoms with Gasteiger partial charge in [0.25, 0.3) is 0 Å². The molecule has 2 N–H and O–H groups in total. The molecule has 2 rings (SSSR count). The van der Waals surface area contributed by atoms with Crippen LogP contribution in [0.5, 0.6) is 11.5 Å². The van der Waals surface area contributed by atoms with E-state index in [0.29, 0.717) is 0 Å². The van der Waals surface area contributed by atoms with E-state index in [-0.39, 0.29) is 27.0 Å². The summed E-state index contributed by atoms with van der Waals surface area (Å²) in [6.45, 7) is 1.48. The second-order valence-corrected chi connectivity index (χ2v) is 4.96. The lowest BCUT2D eigenvalue weighted by atomic mass is 10.1. The molecule has 0 aliphatic carbocycles. The van der Waals surface area contributed by atoms with Crippen molar-refractivity contribution >= 4 is 21.6 Å². The van der Waals surface area contributed by atoms with Gasteiger partial charge in [0.05, 0.1) is 15.7 Å². The monoisotopic (exact) mass is 356 g/mol. The van der Waals surface area contributed by atoms with E-state index in [9.17, 15) is 13.2 Å². The average molecular weight is 357 g/mol. The summed E-state index contributed by atoms with van der Waals surface area (Å²) in [5, 5.41) is 8.62. The molecule has 0 aliphatic heterocycles. The normalized spacial score (nSPS) is 10.3. The molecule has 0 saturated carbocycles. The highest BCUT2D eigenvalue weighted by atomic mass is 79.9. The summed E-state index contributed by atoms with van der Waals surface area (Å²) < 4.78 is 46.0. The van der Waals surface area contributed by atoms with Crippen molar-refractivity contribution in [1.29, 1.82) is 5.26 Å². The first-order chi connectivity index (χ1) is 9.86. The number of hydrogen-bond donors (Lipinski definition) is 1. The van der Waals surface area contributed by atoms with Crippen molar-refractivity contribution in [1.82, 2.24) is 0 Å². The third-order valence-electron chi connectivity index (χ3n) is 2.84. The maximum absolute atomic E-state index is 13.9. The number of hydrogen-bond acceptors (Lipinski definition) is 3. The molecule has 3 nitrogen and oxygen atoms in total. The van der Waals surface area contributed by atoms with E-state index in [2.05, 4.69) is 15.9 Å². The fourth-order valence-electron chi connectivity index (χ4n) is 1.64. The first-order valence-corrected chi connectivity index (χ1v) is 6.46. The Balaban J connectivity index is 2.50. The zero-order valence-electron chi connectivity index (χ0n) is 10.7. The number of halogens is 4. The molecule has 0 spiro atoms. The summed E-state index contributed by atoms with van der Waals surface area (Å²) in [7, 11) is 0. The van der Waals surface area contributed by atoms with Crippen molar-refractivity contribution in [3.8, 4) is 17.6 Å². The fourth-order valence-corrected chi connectivity index (χ4v) is 2.02. The van der Waals surface area contributed by atoms with Gasteiger partial charge in [-0.2, -0.15) is 9.65 Å².